The van der Waals surface area contributed by atoms with Crippen LogP contribution < -0.4 is 9.80 Å². The van der Waals surface area contributed by atoms with Crippen LogP contribution in [0.5, 0.6) is 5.75 Å². The molecule has 0 radical (unpaired) electrons. The van der Waals surface area contributed by atoms with Gasteiger partial charge in [0.05, 0.1) is 18.0 Å². The van der Waals surface area contributed by atoms with Gasteiger partial charge in [-0.3, -0.25) is 4.21 Å². The summed E-state index contributed by atoms with van der Waals surface area (Å²) in [6, 6.07) is 15.3. The smallest absolute Gasteiger partial charge is 0.229 e. The summed E-state index contributed by atoms with van der Waals surface area (Å²) >= 11 is 0. The van der Waals surface area contributed by atoms with E-state index in [0.717, 1.165) is 54.8 Å². The number of anilines is 2. The molecule has 6 rings (SSSR count). The number of aryl methyl sites for hydroxylation is 1. The summed E-state index contributed by atoms with van der Waals surface area (Å²) in [5.41, 5.74) is 3.45. The predicted molar refractivity (Wildman–Crippen MR) is 153 cm³/mol. The number of fused-ring (bicyclic) bond motifs is 2. The summed E-state index contributed by atoms with van der Waals surface area (Å²) < 4.78 is 16.0. The number of hydrogen-bond acceptors (Lipinski definition) is 8. The van der Waals surface area contributed by atoms with Crippen molar-refractivity contribution in [2.24, 2.45) is 0 Å². The normalized spacial score (nSPS) is 15.8. The topological polar surface area (TPSA) is 105 Å². The first-order chi connectivity index (χ1) is 18.4. The predicted octanol–water partition coefficient (Wildman–Crippen LogP) is 2.93. The lowest BCUT2D eigenvalue weighted by Gasteiger charge is -2.36. The largest absolute Gasteiger partial charge is 0.508 e. The fraction of sp³-hybridized carbons (Fsp3) is 0.296. The van der Waals surface area contributed by atoms with Crippen molar-refractivity contribution < 1.29 is 9.32 Å². The SMILES string of the molecule is C=S(C)(=O)CCCn1cnc2c(-n3ncc4ccccc43)nc(N3CCN(c4ccc(O)cc4)CC3)nc21. The molecule has 1 saturated heterocycles. The molecule has 0 saturated carbocycles. The molecule has 11 heteroatoms. The maximum Gasteiger partial charge on any atom is 0.229 e. The summed E-state index contributed by atoms with van der Waals surface area (Å²) in [7, 11) is -2.06. The lowest BCUT2D eigenvalue weighted by Crippen LogP contribution is -2.47. The van der Waals surface area contributed by atoms with E-state index >= 15 is 0 Å². The summed E-state index contributed by atoms with van der Waals surface area (Å²) in [5.74, 6) is 5.86. The van der Waals surface area contributed by atoms with E-state index in [2.05, 4.69) is 25.8 Å². The number of imidazole rings is 1. The second-order valence-electron chi connectivity index (χ2n) is 9.80. The van der Waals surface area contributed by atoms with Crippen LogP contribution in [0.3, 0.4) is 0 Å². The molecular weight excluding hydrogens is 500 g/mol. The Labute approximate surface area is 221 Å². The van der Waals surface area contributed by atoms with Crippen LogP contribution in [-0.4, -0.2) is 82.7 Å². The number of piperazine rings is 1. The Morgan fingerprint density at radius 1 is 1.00 bits per heavy atom. The van der Waals surface area contributed by atoms with E-state index in [-0.39, 0.29) is 5.75 Å². The Morgan fingerprint density at radius 2 is 1.74 bits per heavy atom. The molecule has 1 N–H and O–H groups in total. The Balaban J connectivity index is 1.36. The molecule has 196 valence electrons. The van der Waals surface area contributed by atoms with Crippen molar-refractivity contribution in [2.75, 3.05) is 48.0 Å². The van der Waals surface area contributed by atoms with Crippen molar-refractivity contribution in [1.29, 1.82) is 0 Å². The summed E-state index contributed by atoms with van der Waals surface area (Å²) in [6.07, 6.45) is 6.02. The van der Waals surface area contributed by atoms with Crippen LogP contribution in [0.25, 0.3) is 27.9 Å². The van der Waals surface area contributed by atoms with E-state index in [9.17, 15) is 9.32 Å². The van der Waals surface area contributed by atoms with Gasteiger partial charge in [0.25, 0.3) is 0 Å². The average molecular weight is 531 g/mol. The van der Waals surface area contributed by atoms with Gasteiger partial charge in [-0.05, 0) is 52.1 Å². The lowest BCUT2D eigenvalue weighted by molar-refractivity contribution is 0.475. The van der Waals surface area contributed by atoms with Gasteiger partial charge in [-0.15, -0.1) is 0 Å². The highest BCUT2D eigenvalue weighted by atomic mass is 32.2. The number of phenols is 1. The third-order valence-corrected chi connectivity index (χ3v) is 8.02. The van der Waals surface area contributed by atoms with Gasteiger partial charge in [0.15, 0.2) is 17.0 Å². The van der Waals surface area contributed by atoms with E-state index in [1.54, 1.807) is 24.7 Å². The standard InChI is InChI=1S/C27H30N8O2S/c1-38(2,37)17-5-12-34-19-28-24-25(34)30-27(31-26(24)35-23-7-4-3-6-20(23)18-29-35)33-15-13-32(14-16-33)21-8-10-22(36)11-9-21/h3-4,6-11,18-19,36H,1,5,12-17H2,2H3. The minimum absolute atomic E-state index is 0.265. The van der Waals surface area contributed by atoms with Crippen molar-refractivity contribution in [3.8, 4) is 11.6 Å². The minimum atomic E-state index is -2.06. The molecule has 5 aromatic rings. The highest BCUT2D eigenvalue weighted by Gasteiger charge is 2.23. The zero-order valence-corrected chi connectivity index (χ0v) is 22.1. The van der Waals surface area contributed by atoms with E-state index in [1.165, 1.54) is 0 Å². The van der Waals surface area contributed by atoms with E-state index in [1.807, 2.05) is 51.8 Å². The molecular formula is C27H30N8O2S. The summed E-state index contributed by atoms with van der Waals surface area (Å²) in [4.78, 5) is 19.1. The monoisotopic (exact) mass is 530 g/mol. The van der Waals surface area contributed by atoms with Crippen LogP contribution in [0.2, 0.25) is 0 Å². The molecule has 4 heterocycles. The first-order valence-corrected chi connectivity index (χ1v) is 14.9. The number of phenolic OH excluding ortho intramolecular Hbond substituents is 1. The lowest BCUT2D eigenvalue weighted by atomic mass is 10.2. The van der Waals surface area contributed by atoms with Crippen LogP contribution in [0.4, 0.5) is 11.6 Å². The van der Waals surface area contributed by atoms with Crippen molar-refractivity contribution in [2.45, 2.75) is 13.0 Å². The van der Waals surface area contributed by atoms with Gasteiger partial charge in [-0.1, -0.05) is 18.2 Å². The van der Waals surface area contributed by atoms with Gasteiger partial charge < -0.3 is 19.5 Å². The molecule has 1 aliphatic rings. The van der Waals surface area contributed by atoms with E-state index in [4.69, 9.17) is 9.97 Å². The molecule has 1 atom stereocenters. The van der Waals surface area contributed by atoms with Gasteiger partial charge in [-0.25, -0.2) is 9.67 Å². The van der Waals surface area contributed by atoms with Crippen molar-refractivity contribution in [3.05, 3.63) is 61.1 Å². The van der Waals surface area contributed by atoms with Crippen LogP contribution in [-0.2, 0) is 16.1 Å². The second kappa shape index (κ2) is 9.64. The molecule has 0 amide bonds. The number of nitrogens with zero attached hydrogens (tertiary/aromatic N) is 8. The molecule has 10 nitrogen and oxygen atoms in total. The van der Waals surface area contributed by atoms with Gasteiger partial charge >= 0.3 is 0 Å². The number of para-hydroxylation sites is 1. The second-order valence-corrected chi connectivity index (χ2v) is 12.6. The van der Waals surface area contributed by atoms with Gasteiger partial charge in [0.1, 0.15) is 5.75 Å². The van der Waals surface area contributed by atoms with E-state index < -0.39 is 9.52 Å². The van der Waals surface area contributed by atoms with Crippen molar-refractivity contribution in [3.63, 3.8) is 0 Å². The molecule has 1 aliphatic heterocycles. The van der Waals surface area contributed by atoms with Crippen LogP contribution >= 0.6 is 0 Å². The van der Waals surface area contributed by atoms with Crippen molar-refractivity contribution in [1.82, 2.24) is 29.3 Å². The van der Waals surface area contributed by atoms with Gasteiger partial charge in [0, 0.05) is 55.8 Å². The molecule has 3 aromatic heterocycles. The maximum absolute atomic E-state index is 12.1. The van der Waals surface area contributed by atoms with Crippen LogP contribution in [0.1, 0.15) is 6.42 Å². The minimum Gasteiger partial charge on any atom is -0.508 e. The highest BCUT2D eigenvalue weighted by Crippen LogP contribution is 2.27. The first kappa shape index (κ1) is 24.2. The number of aromatic nitrogens is 6. The Kier molecular flexibility index (Phi) is 6.15. The third-order valence-electron chi connectivity index (χ3n) is 6.86. The molecule has 2 aromatic carbocycles. The number of aromatic hydroxyl groups is 1. The van der Waals surface area contributed by atoms with Crippen molar-refractivity contribution >= 4 is 49.1 Å². The molecule has 0 spiro atoms. The Bertz CT molecular complexity index is 1700. The zero-order chi connectivity index (χ0) is 26.3. The highest BCUT2D eigenvalue weighted by molar-refractivity contribution is 7.99. The molecule has 0 aliphatic carbocycles. The van der Waals surface area contributed by atoms with Crippen LogP contribution in [0.15, 0.2) is 61.1 Å². The van der Waals surface area contributed by atoms with Crippen LogP contribution in [0, 0.1) is 0 Å². The summed E-state index contributed by atoms with van der Waals surface area (Å²) in [5, 5.41) is 15.3. The first-order valence-electron chi connectivity index (χ1n) is 12.6. The number of hydrogen-bond donors (Lipinski definition) is 1. The maximum atomic E-state index is 12.1. The zero-order valence-electron chi connectivity index (χ0n) is 21.3. The average Bonchev–Trinajstić information content (AvgIpc) is 3.53. The molecule has 38 heavy (non-hydrogen) atoms. The Hall–Kier alpha value is -4.12. The Morgan fingerprint density at radius 3 is 2.50 bits per heavy atom. The fourth-order valence-electron chi connectivity index (χ4n) is 4.88. The number of benzene rings is 2. The molecule has 1 unspecified atom stereocenters. The summed E-state index contributed by atoms with van der Waals surface area (Å²) in [6.45, 7) is 3.75. The van der Waals surface area contributed by atoms with Gasteiger partial charge in [-0.2, -0.15) is 15.1 Å². The third kappa shape index (κ3) is 4.76. The van der Waals surface area contributed by atoms with E-state index in [0.29, 0.717) is 29.6 Å². The van der Waals surface area contributed by atoms with Gasteiger partial charge in [0.2, 0.25) is 5.95 Å². The molecule has 1 fully saturated rings. The fourth-order valence-corrected chi connectivity index (χ4v) is 5.62. The molecule has 0 bridgehead atoms. The quantitative estimate of drug-likeness (QED) is 0.320. The number of rotatable bonds is 7.